The second kappa shape index (κ2) is 6.97. The number of sulfonamides is 1. The van der Waals surface area contributed by atoms with Crippen LogP contribution in [0, 0.1) is 13.8 Å². The lowest BCUT2D eigenvalue weighted by molar-refractivity contribution is 0.400. The molecule has 9 heteroatoms. The van der Waals surface area contributed by atoms with Crippen LogP contribution in [0.15, 0.2) is 56.6 Å². The van der Waals surface area contributed by atoms with Crippen LogP contribution in [0.4, 0.5) is 11.5 Å². The molecule has 8 nitrogen and oxygen atoms in total. The molecule has 2 aromatic heterocycles. The second-order valence-corrected chi connectivity index (χ2v) is 6.32. The van der Waals surface area contributed by atoms with Gasteiger partial charge in [-0.05, 0) is 38.1 Å². The van der Waals surface area contributed by atoms with Crippen molar-refractivity contribution in [3.63, 3.8) is 0 Å². The van der Waals surface area contributed by atoms with Crippen LogP contribution in [-0.2, 0) is 10.0 Å². The maximum Gasteiger partial charge on any atom is 0.263 e. The molecule has 122 valence electrons. The second-order valence-electron chi connectivity index (χ2n) is 4.64. The number of nitrogen functional groups attached to an aromatic ring is 1. The van der Waals surface area contributed by atoms with Gasteiger partial charge in [-0.2, -0.15) is 0 Å². The number of aromatic nitrogens is 2. The summed E-state index contributed by atoms with van der Waals surface area (Å²) in [5.74, 6) is 0.680. The Morgan fingerprint density at radius 3 is 2.22 bits per heavy atom. The number of nitrogens with two attached hydrogens (primary N) is 1. The Balaban J connectivity index is 0.000000268. The lowest BCUT2D eigenvalue weighted by atomic mass is 10.3. The van der Waals surface area contributed by atoms with E-state index in [1.54, 1.807) is 19.3 Å². The number of anilines is 2. The lowest BCUT2D eigenvalue weighted by Gasteiger charge is -2.04. The summed E-state index contributed by atoms with van der Waals surface area (Å²) in [5.41, 5.74) is 6.91. The third-order valence-corrected chi connectivity index (χ3v) is 3.99. The fourth-order valence-corrected chi connectivity index (χ4v) is 2.51. The zero-order valence-corrected chi connectivity index (χ0v) is 13.4. The number of benzene rings is 1. The molecule has 3 N–H and O–H groups in total. The molecule has 0 aliphatic carbocycles. The zero-order valence-electron chi connectivity index (χ0n) is 12.6. The van der Waals surface area contributed by atoms with E-state index in [1.165, 1.54) is 30.3 Å². The van der Waals surface area contributed by atoms with Crippen LogP contribution in [0.3, 0.4) is 0 Å². The first kappa shape index (κ1) is 16.6. The summed E-state index contributed by atoms with van der Waals surface area (Å²) < 4.78 is 35.3. The summed E-state index contributed by atoms with van der Waals surface area (Å²) in [6.07, 6.45) is 1.55. The number of nitrogens with one attached hydrogen (secondary N) is 1. The van der Waals surface area contributed by atoms with Gasteiger partial charge < -0.3 is 14.8 Å². The molecule has 1 aromatic carbocycles. The molecular formula is C14H16N4O4S. The minimum absolute atomic E-state index is 0.118. The van der Waals surface area contributed by atoms with Crippen molar-refractivity contribution in [3.8, 4) is 0 Å². The number of hydrogen-bond acceptors (Lipinski definition) is 7. The van der Waals surface area contributed by atoms with Gasteiger partial charge in [-0.1, -0.05) is 10.3 Å². The highest BCUT2D eigenvalue weighted by atomic mass is 32.2. The van der Waals surface area contributed by atoms with Crippen LogP contribution >= 0.6 is 0 Å². The highest BCUT2D eigenvalue weighted by Crippen LogP contribution is 2.16. The van der Waals surface area contributed by atoms with Crippen LogP contribution in [0.5, 0.6) is 0 Å². The fourth-order valence-electron chi connectivity index (χ4n) is 1.53. The van der Waals surface area contributed by atoms with Crippen molar-refractivity contribution in [2.24, 2.45) is 0 Å². The van der Waals surface area contributed by atoms with Crippen molar-refractivity contribution in [1.29, 1.82) is 0 Å². The third-order valence-electron chi connectivity index (χ3n) is 2.62. The van der Waals surface area contributed by atoms with Crippen molar-refractivity contribution in [1.82, 2.24) is 10.3 Å². The number of hydrogen-bond donors (Lipinski definition) is 2. The Morgan fingerprint density at radius 1 is 1.09 bits per heavy atom. The lowest BCUT2D eigenvalue weighted by Crippen LogP contribution is -2.13. The summed E-state index contributed by atoms with van der Waals surface area (Å²) >= 11 is 0. The van der Waals surface area contributed by atoms with Gasteiger partial charge in [0.1, 0.15) is 12.0 Å². The zero-order chi connectivity index (χ0) is 16.9. The van der Waals surface area contributed by atoms with Crippen molar-refractivity contribution in [2.45, 2.75) is 18.7 Å². The minimum atomic E-state index is -3.64. The highest BCUT2D eigenvalue weighted by molar-refractivity contribution is 7.92. The van der Waals surface area contributed by atoms with Crippen LogP contribution in [0.25, 0.3) is 0 Å². The third kappa shape index (κ3) is 4.85. The first-order chi connectivity index (χ1) is 10.9. The summed E-state index contributed by atoms with van der Waals surface area (Å²) in [7, 11) is -3.64. The van der Waals surface area contributed by atoms with Gasteiger partial charge in [0.05, 0.1) is 10.6 Å². The summed E-state index contributed by atoms with van der Waals surface area (Å²) in [6.45, 7) is 3.55. The first-order valence-corrected chi connectivity index (χ1v) is 8.04. The number of aryl methyl sites for hydroxylation is 2. The largest absolute Gasteiger partial charge is 0.399 e. The predicted molar refractivity (Wildman–Crippen MR) is 84.1 cm³/mol. The van der Waals surface area contributed by atoms with Gasteiger partial charge in [-0.15, -0.1) is 0 Å². The van der Waals surface area contributed by atoms with E-state index in [0.717, 1.165) is 5.69 Å². The predicted octanol–water partition coefficient (Wildman–Crippen LogP) is 2.35. The molecule has 0 radical (unpaired) electrons. The van der Waals surface area contributed by atoms with Crippen molar-refractivity contribution >= 4 is 21.5 Å². The van der Waals surface area contributed by atoms with Crippen LogP contribution in [0.1, 0.15) is 11.5 Å². The standard InChI is InChI=1S/C10H11N3O3S.C4H5NO/c1-7-6-10(12-16-7)13-17(14,15)9-4-2-8(11)3-5-9;1-4-2-3-6-5-4/h2-6H,11H2,1H3,(H,12,13);2-3H,1H3. The van der Waals surface area contributed by atoms with Gasteiger partial charge in [-0.3, -0.25) is 4.72 Å². The van der Waals surface area contributed by atoms with E-state index < -0.39 is 10.0 Å². The molecule has 3 aromatic rings. The molecule has 0 aliphatic rings. The Labute approximate surface area is 133 Å². The van der Waals surface area contributed by atoms with E-state index in [2.05, 4.69) is 19.6 Å². The molecule has 2 heterocycles. The maximum atomic E-state index is 11.9. The molecule has 0 saturated carbocycles. The molecule has 0 atom stereocenters. The van der Waals surface area contributed by atoms with Crippen molar-refractivity contribution in [3.05, 3.63) is 54.1 Å². The van der Waals surface area contributed by atoms with Gasteiger partial charge in [0.15, 0.2) is 5.82 Å². The molecule has 0 unspecified atom stereocenters. The molecule has 0 fully saturated rings. The van der Waals surface area contributed by atoms with Gasteiger partial charge in [-0.25, -0.2) is 8.42 Å². The average molecular weight is 336 g/mol. The average Bonchev–Trinajstić information content (AvgIpc) is 3.11. The van der Waals surface area contributed by atoms with Crippen LogP contribution in [-0.4, -0.2) is 18.7 Å². The summed E-state index contributed by atoms with van der Waals surface area (Å²) in [6, 6.07) is 9.18. The first-order valence-electron chi connectivity index (χ1n) is 6.55. The minimum Gasteiger partial charge on any atom is -0.399 e. The molecule has 23 heavy (non-hydrogen) atoms. The fraction of sp³-hybridized carbons (Fsp3) is 0.143. The molecule has 0 amide bonds. The molecule has 0 spiro atoms. The molecule has 0 bridgehead atoms. The molecule has 0 saturated heterocycles. The molecular weight excluding hydrogens is 320 g/mol. The van der Waals surface area contributed by atoms with E-state index in [1.807, 2.05) is 6.92 Å². The summed E-state index contributed by atoms with van der Waals surface area (Å²) in [5, 5.41) is 7.10. The van der Waals surface area contributed by atoms with E-state index in [9.17, 15) is 8.42 Å². The van der Waals surface area contributed by atoms with Gasteiger partial charge in [0.2, 0.25) is 0 Å². The highest BCUT2D eigenvalue weighted by Gasteiger charge is 2.15. The molecule has 3 rings (SSSR count). The van der Waals surface area contributed by atoms with Crippen molar-refractivity contribution in [2.75, 3.05) is 10.5 Å². The Morgan fingerprint density at radius 2 is 1.78 bits per heavy atom. The molecule has 0 aliphatic heterocycles. The number of nitrogens with zero attached hydrogens (tertiary/aromatic N) is 2. The van der Waals surface area contributed by atoms with Crippen LogP contribution in [0.2, 0.25) is 0 Å². The topological polar surface area (TPSA) is 124 Å². The Bertz CT molecular complexity index is 839. The Kier molecular flexibility index (Phi) is 5.02. The van der Waals surface area contributed by atoms with Gasteiger partial charge >= 0.3 is 0 Å². The SMILES string of the molecule is Cc1cc(NS(=O)(=O)c2ccc(N)cc2)no1.Cc1ccon1. The van der Waals surface area contributed by atoms with E-state index in [4.69, 9.17) is 10.3 Å². The maximum absolute atomic E-state index is 11.9. The van der Waals surface area contributed by atoms with E-state index >= 15 is 0 Å². The van der Waals surface area contributed by atoms with Gasteiger partial charge in [0.25, 0.3) is 10.0 Å². The number of rotatable bonds is 3. The Hall–Kier alpha value is -2.81. The van der Waals surface area contributed by atoms with Crippen LogP contribution < -0.4 is 10.5 Å². The summed E-state index contributed by atoms with van der Waals surface area (Å²) in [4.78, 5) is 0.118. The monoisotopic (exact) mass is 336 g/mol. The van der Waals surface area contributed by atoms with Crippen molar-refractivity contribution < 1.29 is 17.5 Å². The van der Waals surface area contributed by atoms with E-state index in [-0.39, 0.29) is 10.7 Å². The normalized spacial score (nSPS) is 10.7. The smallest absolute Gasteiger partial charge is 0.263 e. The van der Waals surface area contributed by atoms with E-state index in [0.29, 0.717) is 11.4 Å². The quantitative estimate of drug-likeness (QED) is 0.703. The van der Waals surface area contributed by atoms with Gasteiger partial charge in [0, 0.05) is 17.8 Å².